The second-order valence-corrected chi connectivity index (χ2v) is 6.38. The van der Waals surface area contributed by atoms with E-state index in [9.17, 15) is 27.5 Å². The number of alkyl halides is 3. The van der Waals surface area contributed by atoms with Crippen LogP contribution in [0.3, 0.4) is 0 Å². The predicted octanol–water partition coefficient (Wildman–Crippen LogP) is 3.86. The fourth-order valence-corrected chi connectivity index (χ4v) is 3.11. The number of anilines is 1. The lowest BCUT2D eigenvalue weighted by Crippen LogP contribution is -2.41. The summed E-state index contributed by atoms with van der Waals surface area (Å²) in [4.78, 5) is 13.5. The Morgan fingerprint density at radius 2 is 1.92 bits per heavy atom. The third-order valence-electron chi connectivity index (χ3n) is 4.40. The predicted molar refractivity (Wildman–Crippen MR) is 81.0 cm³/mol. The fraction of sp³-hybridized carbons (Fsp3) is 0.562. The van der Waals surface area contributed by atoms with Crippen LogP contribution in [0.1, 0.15) is 31.2 Å². The summed E-state index contributed by atoms with van der Waals surface area (Å²) in [6, 6.07) is 1.25. The number of hydrogen-bond acceptors (Lipinski definition) is 2. The van der Waals surface area contributed by atoms with Gasteiger partial charge in [-0.05, 0) is 31.0 Å². The highest BCUT2D eigenvalue weighted by Crippen LogP contribution is 2.38. The van der Waals surface area contributed by atoms with Crippen molar-refractivity contribution >= 4 is 11.7 Å². The first-order valence-corrected chi connectivity index (χ1v) is 7.66. The van der Waals surface area contributed by atoms with Crippen LogP contribution in [0, 0.1) is 11.2 Å². The molecule has 0 aromatic heterocycles. The van der Waals surface area contributed by atoms with Crippen molar-refractivity contribution in [1.82, 2.24) is 4.90 Å². The van der Waals surface area contributed by atoms with E-state index in [1.807, 2.05) is 0 Å². The highest BCUT2D eigenvalue weighted by Gasteiger charge is 2.35. The Morgan fingerprint density at radius 1 is 1.29 bits per heavy atom. The Morgan fingerprint density at radius 3 is 2.46 bits per heavy atom. The standard InChI is InChI=1S/C16H20F4N2O2/c1-22(9-15(10-23)4-2-3-5-15)14(24)21-13-7-11(16(18,19)20)6-12(17)8-13/h6-8,23H,2-5,9-10H2,1H3,(H,21,24). The monoisotopic (exact) mass is 348 g/mol. The van der Waals surface area contributed by atoms with E-state index in [1.165, 1.54) is 11.9 Å². The molecule has 2 rings (SSSR count). The lowest BCUT2D eigenvalue weighted by atomic mass is 9.87. The topological polar surface area (TPSA) is 52.6 Å². The molecule has 0 unspecified atom stereocenters. The van der Waals surface area contributed by atoms with Crippen LogP contribution < -0.4 is 5.32 Å². The lowest BCUT2D eigenvalue weighted by Gasteiger charge is -2.31. The molecule has 0 saturated heterocycles. The minimum Gasteiger partial charge on any atom is -0.396 e. The number of aliphatic hydroxyl groups excluding tert-OH is 1. The normalized spacial score (nSPS) is 16.9. The highest BCUT2D eigenvalue weighted by atomic mass is 19.4. The summed E-state index contributed by atoms with van der Waals surface area (Å²) in [5, 5.41) is 11.8. The molecule has 1 aromatic rings. The van der Waals surface area contributed by atoms with Crippen molar-refractivity contribution in [3.8, 4) is 0 Å². The van der Waals surface area contributed by atoms with Crippen molar-refractivity contribution in [2.24, 2.45) is 5.41 Å². The first kappa shape index (κ1) is 18.5. The van der Waals surface area contributed by atoms with Gasteiger partial charge < -0.3 is 15.3 Å². The van der Waals surface area contributed by atoms with Gasteiger partial charge in [0.2, 0.25) is 0 Å². The highest BCUT2D eigenvalue weighted by molar-refractivity contribution is 5.89. The third kappa shape index (κ3) is 4.37. The average molecular weight is 348 g/mol. The summed E-state index contributed by atoms with van der Waals surface area (Å²) < 4.78 is 51.4. The van der Waals surface area contributed by atoms with Gasteiger partial charge in [0.25, 0.3) is 0 Å². The molecule has 0 heterocycles. The third-order valence-corrected chi connectivity index (χ3v) is 4.40. The maximum atomic E-state index is 13.4. The molecule has 0 atom stereocenters. The fourth-order valence-electron chi connectivity index (χ4n) is 3.11. The van der Waals surface area contributed by atoms with E-state index < -0.39 is 23.6 Å². The van der Waals surface area contributed by atoms with Crippen molar-refractivity contribution in [3.05, 3.63) is 29.6 Å². The number of carbonyl (C=O) groups excluding carboxylic acids is 1. The van der Waals surface area contributed by atoms with Gasteiger partial charge >= 0.3 is 12.2 Å². The molecule has 0 radical (unpaired) electrons. The molecule has 24 heavy (non-hydrogen) atoms. The van der Waals surface area contributed by atoms with Crippen LogP contribution in [0.15, 0.2) is 18.2 Å². The van der Waals surface area contributed by atoms with Crippen LogP contribution in [0.25, 0.3) is 0 Å². The second-order valence-electron chi connectivity index (χ2n) is 6.38. The molecule has 2 amide bonds. The zero-order valence-electron chi connectivity index (χ0n) is 13.3. The number of urea groups is 1. The molecule has 4 nitrogen and oxygen atoms in total. The maximum absolute atomic E-state index is 13.4. The van der Waals surface area contributed by atoms with Gasteiger partial charge in [-0.15, -0.1) is 0 Å². The minimum absolute atomic E-state index is 0.0528. The average Bonchev–Trinajstić information content (AvgIpc) is 2.94. The van der Waals surface area contributed by atoms with E-state index in [1.54, 1.807) is 0 Å². The maximum Gasteiger partial charge on any atom is 0.416 e. The smallest absolute Gasteiger partial charge is 0.396 e. The molecule has 0 bridgehead atoms. The van der Waals surface area contributed by atoms with Crippen LogP contribution in [0.2, 0.25) is 0 Å². The van der Waals surface area contributed by atoms with Gasteiger partial charge in [0, 0.05) is 24.7 Å². The SMILES string of the molecule is CN(CC1(CO)CCCC1)C(=O)Nc1cc(F)cc(C(F)(F)F)c1. The number of benzene rings is 1. The molecule has 0 aliphatic heterocycles. The van der Waals surface area contributed by atoms with Gasteiger partial charge in [-0.3, -0.25) is 0 Å². The molecule has 1 aliphatic rings. The van der Waals surface area contributed by atoms with Crippen LogP contribution >= 0.6 is 0 Å². The van der Waals surface area contributed by atoms with Gasteiger partial charge in [-0.25, -0.2) is 9.18 Å². The van der Waals surface area contributed by atoms with Crippen molar-refractivity contribution in [2.45, 2.75) is 31.9 Å². The summed E-state index contributed by atoms with van der Waals surface area (Å²) in [5.74, 6) is -1.08. The summed E-state index contributed by atoms with van der Waals surface area (Å²) in [6.45, 7) is 0.236. The molecular formula is C16H20F4N2O2. The van der Waals surface area contributed by atoms with Gasteiger partial charge in [0.15, 0.2) is 0 Å². The molecule has 2 N–H and O–H groups in total. The van der Waals surface area contributed by atoms with E-state index in [4.69, 9.17) is 0 Å². The van der Waals surface area contributed by atoms with Crippen molar-refractivity contribution in [1.29, 1.82) is 0 Å². The Kier molecular flexibility index (Phi) is 5.37. The molecule has 1 fully saturated rings. The summed E-state index contributed by atoms with van der Waals surface area (Å²) in [6.07, 6.45) is -1.18. The zero-order chi connectivity index (χ0) is 18.0. The van der Waals surface area contributed by atoms with Gasteiger partial charge in [-0.1, -0.05) is 12.8 Å². The first-order chi connectivity index (χ1) is 11.1. The Labute approximate surface area is 137 Å². The molecule has 1 aromatic carbocycles. The molecule has 1 aliphatic carbocycles. The van der Waals surface area contributed by atoms with Crippen molar-refractivity contribution < 1.29 is 27.5 Å². The van der Waals surface area contributed by atoms with E-state index in [-0.39, 0.29) is 24.3 Å². The Hall–Kier alpha value is -1.83. The number of nitrogens with one attached hydrogen (secondary N) is 1. The number of aliphatic hydroxyl groups is 1. The summed E-state index contributed by atoms with van der Waals surface area (Å²) in [5.41, 5.74) is -1.79. The van der Waals surface area contributed by atoms with Crippen LogP contribution in [0.4, 0.5) is 28.0 Å². The van der Waals surface area contributed by atoms with E-state index in [0.717, 1.165) is 31.7 Å². The lowest BCUT2D eigenvalue weighted by molar-refractivity contribution is -0.137. The second kappa shape index (κ2) is 6.96. The van der Waals surface area contributed by atoms with Crippen LogP contribution in [0.5, 0.6) is 0 Å². The van der Waals surface area contributed by atoms with E-state index in [0.29, 0.717) is 12.1 Å². The van der Waals surface area contributed by atoms with Crippen LogP contribution in [-0.2, 0) is 6.18 Å². The molecule has 134 valence electrons. The number of hydrogen-bond donors (Lipinski definition) is 2. The number of carbonyl (C=O) groups is 1. The first-order valence-electron chi connectivity index (χ1n) is 7.66. The summed E-state index contributed by atoms with van der Waals surface area (Å²) in [7, 11) is 1.50. The largest absolute Gasteiger partial charge is 0.416 e. The molecule has 8 heteroatoms. The number of halogens is 4. The molecule has 1 saturated carbocycles. The number of nitrogens with zero attached hydrogens (tertiary/aromatic N) is 1. The summed E-state index contributed by atoms with van der Waals surface area (Å²) >= 11 is 0. The van der Waals surface area contributed by atoms with Gasteiger partial charge in [0.05, 0.1) is 12.2 Å². The zero-order valence-corrected chi connectivity index (χ0v) is 13.3. The van der Waals surface area contributed by atoms with E-state index in [2.05, 4.69) is 5.32 Å². The van der Waals surface area contributed by atoms with Crippen LogP contribution in [-0.4, -0.2) is 36.2 Å². The van der Waals surface area contributed by atoms with Gasteiger partial charge in [0.1, 0.15) is 5.82 Å². The minimum atomic E-state index is -4.70. The van der Waals surface area contributed by atoms with Crippen molar-refractivity contribution in [3.63, 3.8) is 0 Å². The molecular weight excluding hydrogens is 328 g/mol. The Bertz CT molecular complexity index is 598. The molecule has 0 spiro atoms. The number of amides is 2. The van der Waals surface area contributed by atoms with E-state index >= 15 is 0 Å². The number of rotatable bonds is 4. The Balaban J connectivity index is 2.07. The quantitative estimate of drug-likeness (QED) is 0.812. The van der Waals surface area contributed by atoms with Crippen molar-refractivity contribution in [2.75, 3.05) is 25.5 Å². The van der Waals surface area contributed by atoms with Gasteiger partial charge in [-0.2, -0.15) is 13.2 Å².